The molecular weight excluding hydrogens is 278 g/mol. The molecule has 1 aromatic rings. The Labute approximate surface area is 112 Å². The molecule has 0 unspecified atom stereocenters. The molecule has 1 saturated heterocycles. The summed E-state index contributed by atoms with van der Waals surface area (Å²) in [4.78, 5) is 12.3. The van der Waals surface area contributed by atoms with Crippen molar-refractivity contribution < 1.29 is 27.5 Å². The van der Waals surface area contributed by atoms with Gasteiger partial charge in [0, 0.05) is 19.5 Å². The van der Waals surface area contributed by atoms with E-state index in [4.69, 9.17) is 5.11 Å². The van der Waals surface area contributed by atoms with Gasteiger partial charge >= 0.3 is 12.1 Å². The standard InChI is InChI=1S/C13H13F4NO2/c14-10-5-11(12(19)20)18(7-10)6-8-2-1-3-9(4-8)13(15,16)17/h1-4,10-11H,5-7H2,(H,19,20)/t10-,11+/m0/s1. The number of carboxylic acids is 1. The zero-order chi connectivity index (χ0) is 14.9. The van der Waals surface area contributed by atoms with Crippen molar-refractivity contribution in [3.8, 4) is 0 Å². The van der Waals surface area contributed by atoms with Crippen molar-refractivity contribution >= 4 is 5.97 Å². The number of benzene rings is 1. The van der Waals surface area contributed by atoms with E-state index in [9.17, 15) is 22.4 Å². The van der Waals surface area contributed by atoms with Gasteiger partial charge in [-0.1, -0.05) is 18.2 Å². The largest absolute Gasteiger partial charge is 0.480 e. The number of aliphatic carboxylic acids is 1. The molecule has 1 heterocycles. The van der Waals surface area contributed by atoms with Gasteiger partial charge in [0.25, 0.3) is 0 Å². The van der Waals surface area contributed by atoms with E-state index in [1.54, 1.807) is 0 Å². The molecule has 0 amide bonds. The Balaban J connectivity index is 2.15. The molecule has 1 fully saturated rings. The molecule has 2 rings (SSSR count). The monoisotopic (exact) mass is 291 g/mol. The van der Waals surface area contributed by atoms with Crippen molar-refractivity contribution in [2.75, 3.05) is 6.54 Å². The molecule has 1 aromatic carbocycles. The van der Waals surface area contributed by atoms with Gasteiger partial charge in [-0.15, -0.1) is 0 Å². The van der Waals surface area contributed by atoms with Gasteiger partial charge in [0.05, 0.1) is 5.56 Å². The minimum atomic E-state index is -4.45. The summed E-state index contributed by atoms with van der Waals surface area (Å²) in [5.74, 6) is -1.16. The highest BCUT2D eigenvalue weighted by atomic mass is 19.4. The van der Waals surface area contributed by atoms with Gasteiger partial charge in [-0.3, -0.25) is 9.69 Å². The number of carbonyl (C=O) groups is 1. The van der Waals surface area contributed by atoms with Crippen LogP contribution in [0, 0.1) is 0 Å². The van der Waals surface area contributed by atoms with Crippen molar-refractivity contribution in [3.05, 3.63) is 35.4 Å². The van der Waals surface area contributed by atoms with Crippen LogP contribution in [0.2, 0.25) is 0 Å². The molecule has 110 valence electrons. The predicted molar refractivity (Wildman–Crippen MR) is 62.8 cm³/mol. The summed E-state index contributed by atoms with van der Waals surface area (Å²) < 4.78 is 51.0. The van der Waals surface area contributed by atoms with Gasteiger partial charge in [-0.2, -0.15) is 13.2 Å². The number of hydrogen-bond donors (Lipinski definition) is 1. The highest BCUT2D eigenvalue weighted by Gasteiger charge is 2.37. The van der Waals surface area contributed by atoms with Crippen LogP contribution in [-0.4, -0.2) is 34.7 Å². The molecule has 1 aliphatic rings. The minimum absolute atomic E-state index is 0.0126. The lowest BCUT2D eigenvalue weighted by atomic mass is 10.1. The second kappa shape index (κ2) is 5.40. The van der Waals surface area contributed by atoms with E-state index in [1.165, 1.54) is 17.0 Å². The third kappa shape index (κ3) is 3.27. The number of hydrogen-bond acceptors (Lipinski definition) is 2. The first-order valence-electron chi connectivity index (χ1n) is 6.04. The first-order chi connectivity index (χ1) is 9.27. The van der Waals surface area contributed by atoms with Crippen LogP contribution in [0.4, 0.5) is 17.6 Å². The molecule has 1 aliphatic heterocycles. The average Bonchev–Trinajstić information content (AvgIpc) is 2.69. The van der Waals surface area contributed by atoms with Crippen LogP contribution in [0.15, 0.2) is 24.3 Å². The number of rotatable bonds is 3. The Morgan fingerprint density at radius 3 is 2.70 bits per heavy atom. The van der Waals surface area contributed by atoms with Gasteiger partial charge in [-0.05, 0) is 11.6 Å². The fourth-order valence-electron chi connectivity index (χ4n) is 2.36. The summed E-state index contributed by atoms with van der Waals surface area (Å²) in [6.07, 6.45) is -5.84. The first-order valence-corrected chi connectivity index (χ1v) is 6.04. The highest BCUT2D eigenvalue weighted by Crippen LogP contribution is 2.30. The Kier molecular flexibility index (Phi) is 3.99. The summed E-state index contributed by atoms with van der Waals surface area (Å²) >= 11 is 0. The Bertz CT molecular complexity index is 503. The third-order valence-electron chi connectivity index (χ3n) is 3.28. The second-order valence-corrected chi connectivity index (χ2v) is 4.81. The molecule has 3 nitrogen and oxygen atoms in total. The lowest BCUT2D eigenvalue weighted by Crippen LogP contribution is -2.35. The van der Waals surface area contributed by atoms with E-state index >= 15 is 0 Å². The minimum Gasteiger partial charge on any atom is -0.480 e. The molecule has 1 N–H and O–H groups in total. The lowest BCUT2D eigenvalue weighted by molar-refractivity contribution is -0.142. The van der Waals surface area contributed by atoms with Gasteiger partial charge in [0.15, 0.2) is 0 Å². The number of nitrogens with zero attached hydrogens (tertiary/aromatic N) is 1. The van der Waals surface area contributed by atoms with E-state index in [1.807, 2.05) is 0 Å². The van der Waals surface area contributed by atoms with Gasteiger partial charge in [0.1, 0.15) is 12.2 Å². The van der Waals surface area contributed by atoms with Crippen LogP contribution in [-0.2, 0) is 17.5 Å². The Hall–Kier alpha value is -1.63. The molecule has 0 bridgehead atoms. The maximum Gasteiger partial charge on any atom is 0.416 e. The summed E-state index contributed by atoms with van der Waals surface area (Å²) in [7, 11) is 0. The molecule has 20 heavy (non-hydrogen) atoms. The number of likely N-dealkylation sites (tertiary alicyclic amines) is 1. The van der Waals surface area contributed by atoms with E-state index in [-0.39, 0.29) is 19.5 Å². The summed E-state index contributed by atoms with van der Waals surface area (Å²) in [5.41, 5.74) is -0.474. The van der Waals surface area contributed by atoms with Crippen molar-refractivity contribution in [2.24, 2.45) is 0 Å². The molecule has 0 saturated carbocycles. The number of carboxylic acid groups (broad SMARTS) is 1. The quantitative estimate of drug-likeness (QED) is 0.871. The SMILES string of the molecule is O=C(O)[C@H]1C[C@H](F)CN1Cc1cccc(C(F)(F)F)c1. The average molecular weight is 291 g/mol. The number of alkyl halides is 4. The Morgan fingerprint density at radius 1 is 1.40 bits per heavy atom. The fourth-order valence-corrected chi connectivity index (χ4v) is 2.36. The smallest absolute Gasteiger partial charge is 0.416 e. The fraction of sp³-hybridized carbons (Fsp3) is 0.462. The van der Waals surface area contributed by atoms with Crippen LogP contribution >= 0.6 is 0 Å². The lowest BCUT2D eigenvalue weighted by Gasteiger charge is -2.21. The third-order valence-corrected chi connectivity index (χ3v) is 3.28. The summed E-state index contributed by atoms with van der Waals surface area (Å²) in [5, 5.41) is 8.97. The van der Waals surface area contributed by atoms with Crippen LogP contribution < -0.4 is 0 Å². The maximum absolute atomic E-state index is 13.3. The summed E-state index contributed by atoms with van der Waals surface area (Å²) in [6.45, 7) is -0.0888. The number of halogens is 4. The van der Waals surface area contributed by atoms with Crippen molar-refractivity contribution in [2.45, 2.75) is 31.4 Å². The van der Waals surface area contributed by atoms with Crippen LogP contribution in [0.5, 0.6) is 0 Å². The Morgan fingerprint density at radius 2 is 2.10 bits per heavy atom. The van der Waals surface area contributed by atoms with Crippen LogP contribution in [0.25, 0.3) is 0 Å². The van der Waals surface area contributed by atoms with Crippen LogP contribution in [0.1, 0.15) is 17.5 Å². The molecule has 2 atom stereocenters. The van der Waals surface area contributed by atoms with Gasteiger partial charge in [-0.25, -0.2) is 4.39 Å². The van der Waals surface area contributed by atoms with E-state index in [0.29, 0.717) is 5.56 Å². The molecule has 0 aliphatic carbocycles. The molecule has 0 spiro atoms. The topological polar surface area (TPSA) is 40.5 Å². The molecule has 0 aromatic heterocycles. The molecular formula is C13H13F4NO2. The molecule has 0 radical (unpaired) electrons. The second-order valence-electron chi connectivity index (χ2n) is 4.81. The van der Waals surface area contributed by atoms with Crippen molar-refractivity contribution in [1.82, 2.24) is 4.90 Å². The molecule has 7 heteroatoms. The highest BCUT2D eigenvalue weighted by molar-refractivity contribution is 5.74. The van der Waals surface area contributed by atoms with Crippen molar-refractivity contribution in [3.63, 3.8) is 0 Å². The predicted octanol–water partition coefficient (Wildman–Crippen LogP) is 2.70. The normalized spacial score (nSPS) is 24.0. The van der Waals surface area contributed by atoms with Crippen molar-refractivity contribution in [1.29, 1.82) is 0 Å². The first kappa shape index (κ1) is 14.8. The van der Waals surface area contributed by atoms with Gasteiger partial charge < -0.3 is 5.11 Å². The summed E-state index contributed by atoms with van der Waals surface area (Å²) in [6, 6.07) is 3.65. The van der Waals surface area contributed by atoms with Crippen LogP contribution in [0.3, 0.4) is 0 Å². The maximum atomic E-state index is 13.3. The van der Waals surface area contributed by atoms with Gasteiger partial charge in [0.2, 0.25) is 0 Å². The zero-order valence-electron chi connectivity index (χ0n) is 10.4. The zero-order valence-corrected chi connectivity index (χ0v) is 10.4. The van der Waals surface area contributed by atoms with E-state index in [0.717, 1.165) is 12.1 Å². The van der Waals surface area contributed by atoms with E-state index in [2.05, 4.69) is 0 Å². The van der Waals surface area contributed by atoms with E-state index < -0.39 is 29.9 Å².